The van der Waals surface area contributed by atoms with Crippen LogP contribution in [0.25, 0.3) is 10.9 Å². The minimum atomic E-state index is -0.117. The average molecular weight is 175 g/mol. The van der Waals surface area contributed by atoms with Crippen LogP contribution in [0.1, 0.15) is 0 Å². The summed E-state index contributed by atoms with van der Waals surface area (Å²) in [5, 5.41) is 10.4. The maximum absolute atomic E-state index is 11.2. The lowest BCUT2D eigenvalue weighted by molar-refractivity contribution is 0.478. The topological polar surface area (TPSA) is 42.2 Å². The van der Waals surface area contributed by atoms with Crippen LogP contribution in [0.4, 0.5) is 0 Å². The van der Waals surface area contributed by atoms with E-state index in [0.717, 1.165) is 5.39 Å². The molecular weight excluding hydrogens is 166 g/mol. The Bertz CT molecular complexity index is 514. The molecule has 2 aromatic rings. The fourth-order valence-electron chi connectivity index (χ4n) is 1.43. The highest BCUT2D eigenvalue weighted by molar-refractivity contribution is 5.84. The highest BCUT2D eigenvalue weighted by Crippen LogP contribution is 2.21. The molecule has 0 aliphatic heterocycles. The van der Waals surface area contributed by atoms with Crippen LogP contribution in [0, 0.1) is 0 Å². The number of benzene rings is 1. The van der Waals surface area contributed by atoms with E-state index in [1.165, 1.54) is 10.6 Å². The second kappa shape index (κ2) is 2.62. The molecule has 3 heteroatoms. The Kier molecular flexibility index (Phi) is 1.59. The Balaban J connectivity index is 3.05. The predicted octanol–water partition coefficient (Wildman–Crippen LogP) is 1.24. The maximum atomic E-state index is 11.2. The van der Waals surface area contributed by atoms with Gasteiger partial charge in [-0.2, -0.15) is 0 Å². The van der Waals surface area contributed by atoms with Crippen LogP contribution in [0.15, 0.2) is 35.1 Å². The molecule has 0 unspecified atom stereocenters. The summed E-state index contributed by atoms with van der Waals surface area (Å²) in [5.41, 5.74) is 0.462. The largest absolute Gasteiger partial charge is 0.506 e. The van der Waals surface area contributed by atoms with Crippen molar-refractivity contribution in [3.8, 4) is 5.75 Å². The summed E-state index contributed by atoms with van der Waals surface area (Å²) in [6.45, 7) is 0. The van der Waals surface area contributed by atoms with Crippen molar-refractivity contribution < 1.29 is 5.11 Å². The van der Waals surface area contributed by atoms with E-state index in [1.807, 2.05) is 6.07 Å². The summed E-state index contributed by atoms with van der Waals surface area (Å²) in [6, 6.07) is 8.37. The Morgan fingerprint density at radius 2 is 2.00 bits per heavy atom. The molecule has 13 heavy (non-hydrogen) atoms. The molecule has 0 bridgehead atoms. The van der Waals surface area contributed by atoms with Gasteiger partial charge >= 0.3 is 0 Å². The van der Waals surface area contributed by atoms with E-state index in [1.54, 1.807) is 25.2 Å². The third-order valence-corrected chi connectivity index (χ3v) is 2.12. The maximum Gasteiger partial charge on any atom is 0.250 e. The normalized spacial score (nSPS) is 10.5. The van der Waals surface area contributed by atoms with E-state index < -0.39 is 0 Å². The highest BCUT2D eigenvalue weighted by atomic mass is 16.3. The van der Waals surface area contributed by atoms with Crippen LogP contribution >= 0.6 is 0 Å². The van der Waals surface area contributed by atoms with Gasteiger partial charge in [-0.3, -0.25) is 4.79 Å². The lowest BCUT2D eigenvalue weighted by Gasteiger charge is -2.04. The smallest absolute Gasteiger partial charge is 0.250 e. The van der Waals surface area contributed by atoms with E-state index in [4.69, 9.17) is 0 Å². The molecule has 1 heterocycles. The summed E-state index contributed by atoms with van der Waals surface area (Å²) >= 11 is 0. The van der Waals surface area contributed by atoms with Crippen LogP contribution in [0.2, 0.25) is 0 Å². The standard InChI is InChI=1S/C10H9NO2/c1-11-9(13)6-5-7-3-2-4-8(12)10(7)11/h2-6,12H,1H3. The lowest BCUT2D eigenvalue weighted by Crippen LogP contribution is -2.14. The summed E-state index contributed by atoms with van der Waals surface area (Å²) in [4.78, 5) is 11.2. The molecule has 0 amide bonds. The van der Waals surface area contributed by atoms with Gasteiger partial charge in [-0.05, 0) is 12.1 Å². The minimum absolute atomic E-state index is 0.117. The zero-order valence-electron chi connectivity index (χ0n) is 7.19. The number of phenols is 1. The first-order valence-corrected chi connectivity index (χ1v) is 3.98. The van der Waals surface area contributed by atoms with E-state index in [0.29, 0.717) is 5.52 Å². The minimum Gasteiger partial charge on any atom is -0.506 e. The molecule has 0 radical (unpaired) electrons. The first kappa shape index (κ1) is 7.86. The second-order valence-electron chi connectivity index (χ2n) is 2.95. The molecule has 1 N–H and O–H groups in total. The number of para-hydroxylation sites is 1. The quantitative estimate of drug-likeness (QED) is 0.654. The van der Waals surface area contributed by atoms with Gasteiger partial charge < -0.3 is 9.67 Å². The van der Waals surface area contributed by atoms with Crippen LogP contribution < -0.4 is 5.56 Å². The third-order valence-electron chi connectivity index (χ3n) is 2.12. The number of aryl methyl sites for hydroxylation is 1. The highest BCUT2D eigenvalue weighted by Gasteiger charge is 2.02. The number of rotatable bonds is 0. The number of nitrogens with zero attached hydrogens (tertiary/aromatic N) is 1. The third kappa shape index (κ3) is 1.09. The molecule has 0 aliphatic carbocycles. The van der Waals surface area contributed by atoms with Crippen molar-refractivity contribution in [2.24, 2.45) is 7.05 Å². The molecule has 1 aromatic carbocycles. The second-order valence-corrected chi connectivity index (χ2v) is 2.95. The van der Waals surface area contributed by atoms with Crippen LogP contribution in [0.3, 0.4) is 0 Å². The van der Waals surface area contributed by atoms with Gasteiger partial charge in [0.2, 0.25) is 0 Å². The number of hydrogen-bond donors (Lipinski definition) is 1. The molecule has 2 rings (SSSR count). The van der Waals surface area contributed by atoms with Crippen molar-refractivity contribution >= 4 is 10.9 Å². The number of phenolic OH excluding ortho intramolecular Hbond substituents is 1. The number of aromatic hydroxyl groups is 1. The molecule has 0 saturated heterocycles. The predicted molar refractivity (Wildman–Crippen MR) is 50.9 cm³/mol. The van der Waals surface area contributed by atoms with Gasteiger partial charge in [0.15, 0.2) is 0 Å². The molecule has 1 aromatic heterocycles. The van der Waals surface area contributed by atoms with Gasteiger partial charge in [0, 0.05) is 18.5 Å². The summed E-state index contributed by atoms with van der Waals surface area (Å²) in [5.74, 6) is 0.137. The van der Waals surface area contributed by atoms with Crippen molar-refractivity contribution in [2.75, 3.05) is 0 Å². The molecule has 0 aliphatic rings. The molecule has 0 spiro atoms. The lowest BCUT2D eigenvalue weighted by atomic mass is 10.2. The zero-order valence-corrected chi connectivity index (χ0v) is 7.19. The monoisotopic (exact) mass is 175 g/mol. The van der Waals surface area contributed by atoms with Crippen LogP contribution in [0.5, 0.6) is 5.75 Å². The number of aromatic nitrogens is 1. The Morgan fingerprint density at radius 3 is 2.77 bits per heavy atom. The summed E-state index contributed by atoms with van der Waals surface area (Å²) < 4.78 is 1.44. The molecule has 0 atom stereocenters. The van der Waals surface area contributed by atoms with Crippen molar-refractivity contribution in [3.63, 3.8) is 0 Å². The molecular formula is C10H9NO2. The van der Waals surface area contributed by atoms with E-state index >= 15 is 0 Å². The number of fused-ring (bicyclic) bond motifs is 1. The van der Waals surface area contributed by atoms with Gasteiger partial charge in [-0.25, -0.2) is 0 Å². The Labute approximate surface area is 74.9 Å². The first-order chi connectivity index (χ1) is 6.20. The van der Waals surface area contributed by atoms with Crippen LogP contribution in [-0.4, -0.2) is 9.67 Å². The van der Waals surface area contributed by atoms with Gasteiger partial charge in [-0.1, -0.05) is 12.1 Å². The number of pyridine rings is 1. The van der Waals surface area contributed by atoms with Gasteiger partial charge in [0.05, 0.1) is 5.52 Å². The SMILES string of the molecule is Cn1c(=O)ccc2cccc(O)c21. The van der Waals surface area contributed by atoms with Gasteiger partial charge in [0.1, 0.15) is 5.75 Å². The van der Waals surface area contributed by atoms with E-state index in [9.17, 15) is 9.90 Å². The zero-order chi connectivity index (χ0) is 9.42. The van der Waals surface area contributed by atoms with E-state index in [2.05, 4.69) is 0 Å². The molecule has 66 valence electrons. The summed E-state index contributed by atoms with van der Waals surface area (Å²) in [7, 11) is 1.64. The van der Waals surface area contributed by atoms with Crippen molar-refractivity contribution in [1.82, 2.24) is 4.57 Å². The van der Waals surface area contributed by atoms with Gasteiger partial charge in [-0.15, -0.1) is 0 Å². The van der Waals surface area contributed by atoms with Gasteiger partial charge in [0.25, 0.3) is 5.56 Å². The average Bonchev–Trinajstić information content (AvgIpc) is 2.12. The Hall–Kier alpha value is -1.77. The fraction of sp³-hybridized carbons (Fsp3) is 0.100. The van der Waals surface area contributed by atoms with Crippen LogP contribution in [-0.2, 0) is 7.05 Å². The van der Waals surface area contributed by atoms with Crippen molar-refractivity contribution in [2.45, 2.75) is 0 Å². The fourth-order valence-corrected chi connectivity index (χ4v) is 1.43. The van der Waals surface area contributed by atoms with Crippen molar-refractivity contribution in [3.05, 3.63) is 40.7 Å². The molecule has 0 saturated carbocycles. The number of hydrogen-bond acceptors (Lipinski definition) is 2. The first-order valence-electron chi connectivity index (χ1n) is 3.98. The molecule has 3 nitrogen and oxygen atoms in total. The molecule has 0 fully saturated rings. The van der Waals surface area contributed by atoms with Crippen molar-refractivity contribution in [1.29, 1.82) is 0 Å². The Morgan fingerprint density at radius 1 is 1.23 bits per heavy atom. The summed E-state index contributed by atoms with van der Waals surface area (Å²) in [6.07, 6.45) is 0. The van der Waals surface area contributed by atoms with E-state index in [-0.39, 0.29) is 11.3 Å².